The van der Waals surface area contributed by atoms with Gasteiger partial charge in [-0.1, -0.05) is 30.3 Å². The molecule has 0 bridgehead atoms. The van der Waals surface area contributed by atoms with E-state index in [0.717, 1.165) is 42.1 Å². The Bertz CT molecular complexity index is 870. The zero-order chi connectivity index (χ0) is 21.2. The highest BCUT2D eigenvalue weighted by atomic mass is 32.2. The minimum absolute atomic E-state index is 0.0437. The van der Waals surface area contributed by atoms with Crippen molar-refractivity contribution >= 4 is 27.7 Å². The van der Waals surface area contributed by atoms with Crippen molar-refractivity contribution in [3.05, 3.63) is 60.1 Å². The first-order valence-corrected chi connectivity index (χ1v) is 13.2. The first-order valence-electron chi connectivity index (χ1n) is 10.4. The fourth-order valence-electron chi connectivity index (χ4n) is 3.60. The molecule has 0 unspecified atom stereocenters. The molecule has 6 nitrogen and oxygen atoms in total. The number of carbonyl (C=O) groups excluding carboxylic acids is 1. The molecule has 8 heteroatoms. The number of rotatable bonds is 11. The summed E-state index contributed by atoms with van der Waals surface area (Å²) in [4.78, 5) is 12.5. The Morgan fingerprint density at radius 2 is 2.03 bits per heavy atom. The van der Waals surface area contributed by atoms with Crippen molar-refractivity contribution in [2.45, 2.75) is 31.4 Å². The normalized spacial score (nSPS) is 17.7. The van der Waals surface area contributed by atoms with Gasteiger partial charge in [-0.15, -0.1) is 0 Å². The van der Waals surface area contributed by atoms with Crippen LogP contribution in [0, 0.1) is 5.92 Å². The number of nitrogens with zero attached hydrogens (tertiary/aromatic N) is 1. The van der Waals surface area contributed by atoms with Crippen molar-refractivity contribution in [2.75, 3.05) is 31.1 Å². The first kappa shape index (κ1) is 22.9. The molecule has 1 amide bonds. The van der Waals surface area contributed by atoms with Gasteiger partial charge in [0.15, 0.2) is 0 Å². The molecule has 3 rings (SSSR count). The van der Waals surface area contributed by atoms with Crippen LogP contribution in [0.15, 0.2) is 53.1 Å². The summed E-state index contributed by atoms with van der Waals surface area (Å²) in [5.41, 5.74) is 1.15. The molecule has 2 aromatic rings. The Balaban J connectivity index is 1.38. The first-order chi connectivity index (χ1) is 14.5. The number of nitrogens with one attached hydrogen (secondary N) is 1. The third-order valence-electron chi connectivity index (χ3n) is 5.23. The third-order valence-corrected chi connectivity index (χ3v) is 8.13. The van der Waals surface area contributed by atoms with Crippen LogP contribution in [0.25, 0.3) is 0 Å². The van der Waals surface area contributed by atoms with Gasteiger partial charge in [-0.25, -0.2) is 12.7 Å². The average Bonchev–Trinajstić information content (AvgIpc) is 3.28. The number of benzene rings is 1. The molecule has 1 aromatic heterocycles. The van der Waals surface area contributed by atoms with E-state index in [1.807, 2.05) is 42.5 Å². The number of furan rings is 1. The van der Waals surface area contributed by atoms with Gasteiger partial charge in [0.1, 0.15) is 5.76 Å². The summed E-state index contributed by atoms with van der Waals surface area (Å²) in [5.74, 6) is 2.31. The molecule has 1 atom stereocenters. The summed E-state index contributed by atoms with van der Waals surface area (Å²) in [6, 6.07) is 13.7. The lowest BCUT2D eigenvalue weighted by Gasteiger charge is -2.31. The van der Waals surface area contributed by atoms with Crippen LogP contribution < -0.4 is 5.32 Å². The van der Waals surface area contributed by atoms with E-state index in [0.29, 0.717) is 26.1 Å². The second-order valence-corrected chi connectivity index (χ2v) is 10.7. The van der Waals surface area contributed by atoms with E-state index in [9.17, 15) is 13.2 Å². The highest BCUT2D eigenvalue weighted by Crippen LogP contribution is 2.20. The maximum absolute atomic E-state index is 12.7. The SMILES string of the molecule is O=C(NCCSCc1ccco1)[C@H]1CCCN(S(=O)(=O)CCCc2ccccc2)C1. The highest BCUT2D eigenvalue weighted by molar-refractivity contribution is 7.98. The number of thioether (sulfide) groups is 1. The van der Waals surface area contributed by atoms with Crippen molar-refractivity contribution in [2.24, 2.45) is 5.92 Å². The van der Waals surface area contributed by atoms with Gasteiger partial charge in [0.2, 0.25) is 15.9 Å². The molecule has 0 radical (unpaired) electrons. The van der Waals surface area contributed by atoms with Crippen molar-refractivity contribution < 1.29 is 17.6 Å². The summed E-state index contributed by atoms with van der Waals surface area (Å²) in [6.45, 7) is 1.38. The molecule has 0 aliphatic carbocycles. The fourth-order valence-corrected chi connectivity index (χ4v) is 5.94. The predicted octanol–water partition coefficient (Wildman–Crippen LogP) is 3.30. The minimum atomic E-state index is -3.34. The van der Waals surface area contributed by atoms with E-state index >= 15 is 0 Å². The number of hydrogen-bond acceptors (Lipinski definition) is 5. The van der Waals surface area contributed by atoms with Crippen LogP contribution in [0.1, 0.15) is 30.6 Å². The van der Waals surface area contributed by atoms with E-state index in [1.54, 1.807) is 18.0 Å². The summed E-state index contributed by atoms with van der Waals surface area (Å²) in [5, 5.41) is 2.96. The van der Waals surface area contributed by atoms with Gasteiger partial charge >= 0.3 is 0 Å². The second-order valence-electron chi connectivity index (χ2n) is 7.53. The summed E-state index contributed by atoms with van der Waals surface area (Å²) in [6.07, 6.45) is 4.45. The van der Waals surface area contributed by atoms with Gasteiger partial charge in [0.25, 0.3) is 0 Å². The molecule has 1 aliphatic rings. The van der Waals surface area contributed by atoms with Crippen LogP contribution in [-0.2, 0) is 27.0 Å². The largest absolute Gasteiger partial charge is 0.468 e. The van der Waals surface area contributed by atoms with Gasteiger partial charge < -0.3 is 9.73 Å². The van der Waals surface area contributed by atoms with Crippen LogP contribution >= 0.6 is 11.8 Å². The van der Waals surface area contributed by atoms with Crippen molar-refractivity contribution in [3.63, 3.8) is 0 Å². The van der Waals surface area contributed by atoms with Crippen molar-refractivity contribution in [1.82, 2.24) is 9.62 Å². The van der Waals surface area contributed by atoms with Crippen molar-refractivity contribution in [1.29, 1.82) is 0 Å². The number of carbonyl (C=O) groups is 1. The molecule has 0 spiro atoms. The summed E-state index contributed by atoms with van der Waals surface area (Å²) >= 11 is 1.70. The second kappa shape index (κ2) is 11.6. The molecule has 1 aliphatic heterocycles. The van der Waals surface area contributed by atoms with Crippen LogP contribution in [0.3, 0.4) is 0 Å². The Morgan fingerprint density at radius 3 is 2.80 bits per heavy atom. The number of sulfonamides is 1. The number of aryl methyl sites for hydroxylation is 1. The summed E-state index contributed by atoms with van der Waals surface area (Å²) in [7, 11) is -3.34. The standard InChI is InChI=1S/C22H30N2O4S2/c25-22(23-12-15-29-18-21-11-5-14-28-21)20-10-4-13-24(17-20)30(26,27)16-6-9-19-7-2-1-3-8-19/h1-3,5,7-8,11,14,20H,4,6,9-10,12-13,15-18H2,(H,23,25)/t20-/m0/s1. The molecule has 1 N–H and O–H groups in total. The molecule has 1 saturated heterocycles. The zero-order valence-electron chi connectivity index (χ0n) is 17.2. The number of hydrogen-bond donors (Lipinski definition) is 1. The van der Waals surface area contributed by atoms with E-state index in [-0.39, 0.29) is 17.6 Å². The minimum Gasteiger partial charge on any atom is -0.468 e. The zero-order valence-corrected chi connectivity index (χ0v) is 18.8. The number of amides is 1. The Hall–Kier alpha value is -1.77. The third kappa shape index (κ3) is 7.18. The van der Waals surface area contributed by atoms with Crippen LogP contribution in [-0.4, -0.2) is 49.8 Å². The molecule has 2 heterocycles. The predicted molar refractivity (Wildman–Crippen MR) is 121 cm³/mol. The van der Waals surface area contributed by atoms with E-state index < -0.39 is 10.0 Å². The molecule has 0 saturated carbocycles. The monoisotopic (exact) mass is 450 g/mol. The Labute approximate surface area is 183 Å². The highest BCUT2D eigenvalue weighted by Gasteiger charge is 2.31. The van der Waals surface area contributed by atoms with E-state index in [1.165, 1.54) is 4.31 Å². The van der Waals surface area contributed by atoms with Gasteiger partial charge in [-0.2, -0.15) is 11.8 Å². The smallest absolute Gasteiger partial charge is 0.224 e. The number of piperidine rings is 1. The van der Waals surface area contributed by atoms with Crippen LogP contribution in [0.5, 0.6) is 0 Å². The lowest BCUT2D eigenvalue weighted by Crippen LogP contribution is -2.46. The topological polar surface area (TPSA) is 79.6 Å². The lowest BCUT2D eigenvalue weighted by atomic mass is 9.99. The van der Waals surface area contributed by atoms with Gasteiger partial charge in [0.05, 0.1) is 23.7 Å². The fraction of sp³-hybridized carbons (Fsp3) is 0.500. The van der Waals surface area contributed by atoms with Crippen molar-refractivity contribution in [3.8, 4) is 0 Å². The van der Waals surface area contributed by atoms with E-state index in [2.05, 4.69) is 5.32 Å². The lowest BCUT2D eigenvalue weighted by molar-refractivity contribution is -0.125. The maximum atomic E-state index is 12.7. The quantitative estimate of drug-likeness (QED) is 0.532. The van der Waals surface area contributed by atoms with E-state index in [4.69, 9.17) is 4.42 Å². The average molecular weight is 451 g/mol. The summed E-state index contributed by atoms with van der Waals surface area (Å²) < 4.78 is 32.3. The molecule has 164 valence electrons. The Morgan fingerprint density at radius 1 is 1.20 bits per heavy atom. The molecule has 1 fully saturated rings. The molecular weight excluding hydrogens is 420 g/mol. The molecular formula is C22H30N2O4S2. The molecule has 1 aromatic carbocycles. The van der Waals surface area contributed by atoms with Gasteiger partial charge in [-0.3, -0.25) is 4.79 Å². The van der Waals surface area contributed by atoms with Gasteiger partial charge in [0, 0.05) is 25.4 Å². The molecule has 30 heavy (non-hydrogen) atoms. The van der Waals surface area contributed by atoms with Crippen LogP contribution in [0.4, 0.5) is 0 Å². The maximum Gasteiger partial charge on any atom is 0.224 e. The van der Waals surface area contributed by atoms with Gasteiger partial charge in [-0.05, 0) is 43.4 Å². The van der Waals surface area contributed by atoms with Crippen LogP contribution in [0.2, 0.25) is 0 Å². The Kier molecular flexibility index (Phi) is 8.84.